The van der Waals surface area contributed by atoms with Gasteiger partial charge in [-0.1, -0.05) is 17.7 Å². The molecule has 1 atom stereocenters. The number of benzene rings is 1. The van der Waals surface area contributed by atoms with Gasteiger partial charge in [-0.15, -0.1) is 0 Å². The zero-order chi connectivity index (χ0) is 17.3. The molecule has 1 aromatic carbocycles. The van der Waals surface area contributed by atoms with Crippen LogP contribution in [0.15, 0.2) is 24.3 Å². The quantitative estimate of drug-likeness (QED) is 0.756. The van der Waals surface area contributed by atoms with Crippen LogP contribution in [-0.4, -0.2) is 54.3 Å². The summed E-state index contributed by atoms with van der Waals surface area (Å²) >= 11 is 5.94. The van der Waals surface area contributed by atoms with Crippen LogP contribution in [0.4, 0.5) is 10.5 Å². The van der Waals surface area contributed by atoms with Crippen molar-refractivity contribution in [3.8, 4) is 0 Å². The molecule has 2 saturated heterocycles. The first kappa shape index (κ1) is 16.3. The highest BCUT2D eigenvalue weighted by molar-refractivity contribution is 6.30. The second-order valence-corrected chi connectivity index (χ2v) is 6.00. The highest BCUT2D eigenvalue weighted by Crippen LogP contribution is 2.21. The second kappa shape index (κ2) is 6.48. The van der Waals surface area contributed by atoms with Gasteiger partial charge in [0.25, 0.3) is 5.91 Å². The topological polar surface area (TPSA) is 98.8 Å². The minimum absolute atomic E-state index is 0.0758. The van der Waals surface area contributed by atoms with E-state index in [1.54, 1.807) is 29.2 Å². The summed E-state index contributed by atoms with van der Waals surface area (Å²) in [5, 5.41) is 4.97. The van der Waals surface area contributed by atoms with E-state index in [2.05, 4.69) is 10.6 Å². The largest absolute Gasteiger partial charge is 0.331 e. The van der Waals surface area contributed by atoms with E-state index in [1.165, 1.54) is 4.90 Å². The lowest BCUT2D eigenvalue weighted by Crippen LogP contribution is -2.53. The molecule has 5 amide bonds. The summed E-state index contributed by atoms with van der Waals surface area (Å²) in [7, 11) is 0. The first-order chi connectivity index (χ1) is 11.4. The number of piperazine rings is 1. The number of nitrogens with one attached hydrogen (secondary N) is 2. The van der Waals surface area contributed by atoms with Crippen molar-refractivity contribution in [2.75, 3.05) is 24.5 Å². The van der Waals surface area contributed by atoms with E-state index in [9.17, 15) is 19.2 Å². The number of nitrogens with zero attached hydrogens (tertiary/aromatic N) is 2. The molecule has 2 fully saturated rings. The van der Waals surface area contributed by atoms with Crippen LogP contribution in [0.2, 0.25) is 5.02 Å². The summed E-state index contributed by atoms with van der Waals surface area (Å²) in [4.78, 5) is 50.1. The van der Waals surface area contributed by atoms with Gasteiger partial charge in [0.2, 0.25) is 11.8 Å². The zero-order valence-electron chi connectivity index (χ0n) is 12.6. The molecule has 3 rings (SSSR count). The van der Waals surface area contributed by atoms with Gasteiger partial charge in [-0.05, 0) is 18.2 Å². The number of carbonyl (C=O) groups excluding carboxylic acids is 4. The molecule has 0 spiro atoms. The normalized spacial score (nSPS) is 20.9. The summed E-state index contributed by atoms with van der Waals surface area (Å²) < 4.78 is 0. The molecule has 9 heteroatoms. The molecule has 2 aliphatic heterocycles. The van der Waals surface area contributed by atoms with Gasteiger partial charge < -0.3 is 15.1 Å². The number of rotatable bonds is 3. The molecule has 126 valence electrons. The van der Waals surface area contributed by atoms with Crippen molar-refractivity contribution in [2.24, 2.45) is 0 Å². The third-order valence-corrected chi connectivity index (χ3v) is 4.17. The fourth-order valence-corrected chi connectivity index (χ4v) is 2.89. The first-order valence-corrected chi connectivity index (χ1v) is 7.77. The van der Waals surface area contributed by atoms with Crippen molar-refractivity contribution in [1.82, 2.24) is 15.5 Å². The lowest BCUT2D eigenvalue weighted by Gasteiger charge is -2.34. The Morgan fingerprint density at radius 2 is 2.04 bits per heavy atom. The van der Waals surface area contributed by atoms with Crippen LogP contribution in [0, 0.1) is 0 Å². The Balaban J connectivity index is 1.61. The SMILES string of the molecule is O=C1NC(=O)[C@H](CC(=O)N2CCN(c3cccc(Cl)c3)C(=O)C2)N1. The van der Waals surface area contributed by atoms with Gasteiger partial charge in [-0.25, -0.2) is 4.79 Å². The Bertz CT molecular complexity index is 723. The molecule has 0 unspecified atom stereocenters. The summed E-state index contributed by atoms with van der Waals surface area (Å²) in [5.74, 6) is -1.11. The number of anilines is 1. The van der Waals surface area contributed by atoms with E-state index in [-0.39, 0.29) is 24.8 Å². The summed E-state index contributed by atoms with van der Waals surface area (Å²) in [5.41, 5.74) is 0.682. The van der Waals surface area contributed by atoms with E-state index in [4.69, 9.17) is 11.6 Å². The van der Waals surface area contributed by atoms with E-state index < -0.39 is 18.0 Å². The number of urea groups is 1. The molecule has 0 radical (unpaired) electrons. The number of halogens is 1. The van der Waals surface area contributed by atoms with Crippen molar-refractivity contribution >= 4 is 41.0 Å². The van der Waals surface area contributed by atoms with Crippen molar-refractivity contribution < 1.29 is 19.2 Å². The Hall–Kier alpha value is -2.61. The fraction of sp³-hybridized carbons (Fsp3) is 0.333. The maximum atomic E-state index is 12.3. The van der Waals surface area contributed by atoms with Crippen LogP contribution in [0.25, 0.3) is 0 Å². The molecule has 0 saturated carbocycles. The zero-order valence-corrected chi connectivity index (χ0v) is 13.4. The molecular formula is C15H15ClN4O4. The van der Waals surface area contributed by atoms with Gasteiger partial charge >= 0.3 is 6.03 Å². The van der Waals surface area contributed by atoms with E-state index in [0.29, 0.717) is 23.8 Å². The van der Waals surface area contributed by atoms with Crippen LogP contribution < -0.4 is 15.5 Å². The molecule has 2 aliphatic rings. The van der Waals surface area contributed by atoms with Gasteiger partial charge in [0.1, 0.15) is 12.6 Å². The van der Waals surface area contributed by atoms with Crippen LogP contribution in [0.1, 0.15) is 6.42 Å². The van der Waals surface area contributed by atoms with Crippen molar-refractivity contribution in [2.45, 2.75) is 12.5 Å². The Morgan fingerprint density at radius 1 is 1.25 bits per heavy atom. The van der Waals surface area contributed by atoms with Crippen molar-refractivity contribution in [3.63, 3.8) is 0 Å². The Morgan fingerprint density at radius 3 is 2.67 bits per heavy atom. The van der Waals surface area contributed by atoms with Crippen LogP contribution in [0.5, 0.6) is 0 Å². The predicted octanol–water partition coefficient (Wildman–Crippen LogP) is 0.113. The molecule has 8 nitrogen and oxygen atoms in total. The molecule has 0 bridgehead atoms. The first-order valence-electron chi connectivity index (χ1n) is 7.39. The second-order valence-electron chi connectivity index (χ2n) is 5.56. The molecule has 2 heterocycles. The molecule has 0 aromatic heterocycles. The van der Waals surface area contributed by atoms with Gasteiger partial charge in [0.15, 0.2) is 0 Å². The van der Waals surface area contributed by atoms with Gasteiger partial charge in [-0.2, -0.15) is 0 Å². The summed E-state index contributed by atoms with van der Waals surface area (Å²) in [6.45, 7) is 0.612. The van der Waals surface area contributed by atoms with E-state index >= 15 is 0 Å². The summed E-state index contributed by atoms with van der Waals surface area (Å²) in [6, 6.07) is 5.44. The maximum absolute atomic E-state index is 12.3. The smallest absolute Gasteiger partial charge is 0.322 e. The van der Waals surface area contributed by atoms with Crippen LogP contribution in [-0.2, 0) is 14.4 Å². The van der Waals surface area contributed by atoms with E-state index in [1.807, 2.05) is 0 Å². The minimum atomic E-state index is -0.883. The number of hydrogen-bond donors (Lipinski definition) is 2. The summed E-state index contributed by atoms with van der Waals surface area (Å²) in [6.07, 6.45) is -0.165. The average Bonchev–Trinajstić information content (AvgIpc) is 2.84. The predicted molar refractivity (Wildman–Crippen MR) is 85.5 cm³/mol. The van der Waals surface area contributed by atoms with Crippen molar-refractivity contribution in [1.29, 1.82) is 0 Å². The molecular weight excluding hydrogens is 336 g/mol. The monoisotopic (exact) mass is 350 g/mol. The van der Waals surface area contributed by atoms with Crippen LogP contribution >= 0.6 is 11.6 Å². The van der Waals surface area contributed by atoms with Gasteiger partial charge in [-0.3, -0.25) is 19.7 Å². The van der Waals surface area contributed by atoms with Gasteiger partial charge in [0.05, 0.1) is 6.42 Å². The van der Waals surface area contributed by atoms with Gasteiger partial charge in [0, 0.05) is 23.8 Å². The third-order valence-electron chi connectivity index (χ3n) is 3.93. The maximum Gasteiger partial charge on any atom is 0.322 e. The van der Waals surface area contributed by atoms with E-state index in [0.717, 1.165) is 0 Å². The molecule has 24 heavy (non-hydrogen) atoms. The minimum Gasteiger partial charge on any atom is -0.331 e. The standard InChI is InChI=1S/C15H15ClN4O4/c16-9-2-1-3-10(6-9)20-5-4-19(8-13(20)22)12(21)7-11-14(23)18-15(24)17-11/h1-3,6,11H,4-5,7-8H2,(H2,17,18,23,24)/t11-/m0/s1. The number of amides is 5. The highest BCUT2D eigenvalue weighted by atomic mass is 35.5. The molecule has 1 aromatic rings. The lowest BCUT2D eigenvalue weighted by molar-refractivity contribution is -0.138. The van der Waals surface area contributed by atoms with Crippen molar-refractivity contribution in [3.05, 3.63) is 29.3 Å². The fourth-order valence-electron chi connectivity index (χ4n) is 2.71. The number of imide groups is 1. The molecule has 2 N–H and O–H groups in total. The lowest BCUT2D eigenvalue weighted by atomic mass is 10.1. The Labute approximate surface area is 142 Å². The third kappa shape index (κ3) is 3.33. The number of carbonyl (C=O) groups is 4. The highest BCUT2D eigenvalue weighted by Gasteiger charge is 2.34. The molecule has 0 aliphatic carbocycles. The number of hydrogen-bond acceptors (Lipinski definition) is 4. The average molecular weight is 351 g/mol. The Kier molecular flexibility index (Phi) is 4.39. The van der Waals surface area contributed by atoms with Crippen LogP contribution in [0.3, 0.4) is 0 Å².